The van der Waals surface area contributed by atoms with Crippen LogP contribution in [0.1, 0.15) is 5.56 Å². The van der Waals surface area contributed by atoms with Crippen LogP contribution >= 0.6 is 0 Å². The van der Waals surface area contributed by atoms with Gasteiger partial charge in [-0.2, -0.15) is 5.10 Å². The van der Waals surface area contributed by atoms with Crippen LogP contribution in [-0.2, 0) is 23.1 Å². The molecule has 0 spiro atoms. The molecular formula is C25H33N3O5. The Kier molecular flexibility index (Phi) is 9.26. The SMILES string of the molecule is COCCN(Cc1c(-c2ccccc2)nn(C)c1Oc1ccccc1OC)C[C@H](O)COC. The fourth-order valence-electron chi connectivity index (χ4n) is 3.68. The highest BCUT2D eigenvalue weighted by Crippen LogP contribution is 2.37. The van der Waals surface area contributed by atoms with E-state index >= 15 is 0 Å². The molecule has 3 rings (SSSR count). The van der Waals surface area contributed by atoms with Crippen LogP contribution < -0.4 is 9.47 Å². The number of methoxy groups -OCH3 is 3. The number of aryl methyl sites for hydroxylation is 1. The molecule has 0 aliphatic heterocycles. The summed E-state index contributed by atoms with van der Waals surface area (Å²) in [6, 6.07) is 17.5. The van der Waals surface area contributed by atoms with Crippen molar-refractivity contribution in [2.45, 2.75) is 12.6 Å². The lowest BCUT2D eigenvalue weighted by molar-refractivity contribution is 0.0292. The smallest absolute Gasteiger partial charge is 0.222 e. The fraction of sp³-hybridized carbons (Fsp3) is 0.400. The number of benzene rings is 2. The minimum absolute atomic E-state index is 0.257. The highest BCUT2D eigenvalue weighted by molar-refractivity contribution is 5.65. The summed E-state index contributed by atoms with van der Waals surface area (Å²) in [5.74, 6) is 1.85. The summed E-state index contributed by atoms with van der Waals surface area (Å²) < 4.78 is 24.0. The van der Waals surface area contributed by atoms with Gasteiger partial charge in [-0.1, -0.05) is 42.5 Å². The topological polar surface area (TPSA) is 78.2 Å². The van der Waals surface area contributed by atoms with E-state index in [9.17, 15) is 5.11 Å². The minimum Gasteiger partial charge on any atom is -0.493 e. The quantitative estimate of drug-likeness (QED) is 0.423. The molecule has 0 saturated heterocycles. The first-order valence-corrected chi connectivity index (χ1v) is 10.9. The van der Waals surface area contributed by atoms with E-state index in [1.165, 1.54) is 0 Å². The number of hydrogen-bond acceptors (Lipinski definition) is 7. The van der Waals surface area contributed by atoms with Gasteiger partial charge in [0.1, 0.15) is 5.69 Å². The first kappa shape index (κ1) is 24.7. The van der Waals surface area contributed by atoms with Gasteiger partial charge in [0.25, 0.3) is 0 Å². The molecule has 0 saturated carbocycles. The average molecular weight is 456 g/mol. The predicted molar refractivity (Wildman–Crippen MR) is 127 cm³/mol. The molecule has 0 bridgehead atoms. The van der Waals surface area contributed by atoms with Gasteiger partial charge in [-0.15, -0.1) is 0 Å². The van der Waals surface area contributed by atoms with Crippen LogP contribution in [0.5, 0.6) is 17.4 Å². The number of aromatic nitrogens is 2. The largest absolute Gasteiger partial charge is 0.493 e. The van der Waals surface area contributed by atoms with Gasteiger partial charge in [0.15, 0.2) is 11.5 Å². The summed E-state index contributed by atoms with van der Waals surface area (Å²) in [7, 11) is 6.72. The molecule has 0 radical (unpaired) electrons. The van der Waals surface area contributed by atoms with Crippen molar-refractivity contribution in [1.29, 1.82) is 0 Å². The van der Waals surface area contributed by atoms with E-state index in [1.54, 1.807) is 26.0 Å². The van der Waals surface area contributed by atoms with Gasteiger partial charge in [0.2, 0.25) is 5.88 Å². The lowest BCUT2D eigenvalue weighted by Crippen LogP contribution is -2.36. The number of ether oxygens (including phenoxy) is 4. The second-order valence-corrected chi connectivity index (χ2v) is 7.71. The molecule has 0 aliphatic rings. The minimum atomic E-state index is -0.623. The second kappa shape index (κ2) is 12.4. The van der Waals surface area contributed by atoms with E-state index < -0.39 is 6.10 Å². The molecule has 2 aromatic carbocycles. The fourth-order valence-corrected chi connectivity index (χ4v) is 3.68. The zero-order valence-electron chi connectivity index (χ0n) is 19.7. The molecule has 0 fully saturated rings. The van der Waals surface area contributed by atoms with Crippen molar-refractivity contribution in [1.82, 2.24) is 14.7 Å². The molecule has 1 atom stereocenters. The second-order valence-electron chi connectivity index (χ2n) is 7.71. The van der Waals surface area contributed by atoms with Gasteiger partial charge in [0.05, 0.1) is 32.0 Å². The number of nitrogens with zero attached hydrogens (tertiary/aromatic N) is 3. The van der Waals surface area contributed by atoms with Crippen molar-refractivity contribution in [3.63, 3.8) is 0 Å². The third-order valence-corrected chi connectivity index (χ3v) is 5.23. The van der Waals surface area contributed by atoms with Crippen molar-refractivity contribution in [2.75, 3.05) is 47.6 Å². The van der Waals surface area contributed by atoms with Gasteiger partial charge in [-0.05, 0) is 12.1 Å². The van der Waals surface area contributed by atoms with Gasteiger partial charge in [-0.25, -0.2) is 4.68 Å². The third-order valence-electron chi connectivity index (χ3n) is 5.23. The number of hydrogen-bond donors (Lipinski definition) is 1. The van der Waals surface area contributed by atoms with Crippen molar-refractivity contribution < 1.29 is 24.1 Å². The monoisotopic (exact) mass is 455 g/mol. The maximum Gasteiger partial charge on any atom is 0.222 e. The molecule has 33 heavy (non-hydrogen) atoms. The Balaban J connectivity index is 2.01. The molecule has 0 unspecified atom stereocenters. The Bertz CT molecular complexity index is 993. The van der Waals surface area contributed by atoms with Crippen LogP contribution in [0.2, 0.25) is 0 Å². The molecule has 0 aliphatic carbocycles. The molecule has 1 heterocycles. The maximum absolute atomic E-state index is 10.4. The van der Waals surface area contributed by atoms with E-state index in [0.717, 1.165) is 16.8 Å². The zero-order chi connectivity index (χ0) is 23.6. The predicted octanol–water partition coefficient (Wildman–Crippen LogP) is 3.34. The highest BCUT2D eigenvalue weighted by atomic mass is 16.5. The average Bonchev–Trinajstić information content (AvgIpc) is 3.13. The lowest BCUT2D eigenvalue weighted by atomic mass is 10.1. The summed E-state index contributed by atoms with van der Waals surface area (Å²) in [5, 5.41) is 15.2. The van der Waals surface area contributed by atoms with E-state index in [-0.39, 0.29) is 6.61 Å². The first-order chi connectivity index (χ1) is 16.1. The van der Waals surface area contributed by atoms with Crippen LogP contribution in [-0.4, -0.2) is 73.5 Å². The van der Waals surface area contributed by atoms with E-state index in [1.807, 2.05) is 61.6 Å². The Hall–Kier alpha value is -2.91. The van der Waals surface area contributed by atoms with Gasteiger partial charge >= 0.3 is 0 Å². The van der Waals surface area contributed by atoms with Crippen LogP contribution in [0.4, 0.5) is 0 Å². The Labute approximate surface area is 195 Å². The van der Waals surface area contributed by atoms with Crippen molar-refractivity contribution >= 4 is 0 Å². The van der Waals surface area contributed by atoms with Crippen molar-refractivity contribution in [2.24, 2.45) is 7.05 Å². The Morgan fingerprint density at radius 3 is 2.33 bits per heavy atom. The number of rotatable bonds is 13. The van der Waals surface area contributed by atoms with Crippen LogP contribution in [0.3, 0.4) is 0 Å². The molecule has 178 valence electrons. The van der Waals surface area contributed by atoms with E-state index in [4.69, 9.17) is 24.0 Å². The van der Waals surface area contributed by atoms with Gasteiger partial charge in [0, 0.05) is 46.5 Å². The van der Waals surface area contributed by atoms with Crippen molar-refractivity contribution in [3.05, 3.63) is 60.2 Å². The van der Waals surface area contributed by atoms with Crippen LogP contribution in [0, 0.1) is 0 Å². The summed E-state index contributed by atoms with van der Waals surface area (Å²) in [5.41, 5.74) is 2.73. The van der Waals surface area contributed by atoms with Gasteiger partial charge in [-0.3, -0.25) is 4.90 Å². The molecule has 1 N–H and O–H groups in total. The third kappa shape index (κ3) is 6.55. The molecule has 0 amide bonds. The molecule has 3 aromatic rings. The highest BCUT2D eigenvalue weighted by Gasteiger charge is 2.24. The first-order valence-electron chi connectivity index (χ1n) is 10.9. The zero-order valence-corrected chi connectivity index (χ0v) is 19.7. The lowest BCUT2D eigenvalue weighted by Gasteiger charge is -2.25. The molecule has 8 heteroatoms. The summed E-state index contributed by atoms with van der Waals surface area (Å²) in [6.45, 7) is 2.35. The van der Waals surface area contributed by atoms with Gasteiger partial charge < -0.3 is 24.1 Å². The maximum atomic E-state index is 10.4. The standard InChI is InChI=1S/C25H33N3O5/c1-27-25(33-23-13-9-8-12-22(23)32-4)21(24(26-27)19-10-6-5-7-11-19)17-28(14-15-30-2)16-20(29)18-31-3/h5-13,20,29H,14-18H2,1-4H3/t20-/m0/s1. The summed E-state index contributed by atoms with van der Waals surface area (Å²) >= 11 is 0. The molecular weight excluding hydrogens is 422 g/mol. The number of para-hydroxylation sites is 2. The summed E-state index contributed by atoms with van der Waals surface area (Å²) in [4.78, 5) is 2.12. The number of aliphatic hydroxyl groups is 1. The van der Waals surface area contributed by atoms with Crippen LogP contribution in [0.25, 0.3) is 11.3 Å². The molecule has 8 nitrogen and oxygen atoms in total. The van der Waals surface area contributed by atoms with E-state index in [2.05, 4.69) is 4.90 Å². The number of aliphatic hydroxyl groups excluding tert-OH is 1. The Morgan fingerprint density at radius 2 is 1.67 bits per heavy atom. The Morgan fingerprint density at radius 1 is 0.970 bits per heavy atom. The van der Waals surface area contributed by atoms with E-state index in [0.29, 0.717) is 43.6 Å². The normalized spacial score (nSPS) is 12.2. The summed E-state index contributed by atoms with van der Waals surface area (Å²) in [6.07, 6.45) is -0.623. The van der Waals surface area contributed by atoms with Crippen LogP contribution in [0.15, 0.2) is 54.6 Å². The van der Waals surface area contributed by atoms with Crippen molar-refractivity contribution in [3.8, 4) is 28.6 Å². The molecule has 1 aromatic heterocycles.